The lowest BCUT2D eigenvalue weighted by atomic mass is 10.1. The average Bonchev–Trinajstić information content (AvgIpc) is 2.46. The Morgan fingerprint density at radius 2 is 1.95 bits per heavy atom. The van der Waals surface area contributed by atoms with Crippen molar-refractivity contribution in [2.24, 2.45) is 0 Å². The summed E-state index contributed by atoms with van der Waals surface area (Å²) in [6.45, 7) is 0.798. The van der Waals surface area contributed by atoms with Crippen molar-refractivity contribution >= 4 is 21.8 Å². The van der Waals surface area contributed by atoms with Crippen LogP contribution < -0.4 is 5.32 Å². The zero-order valence-corrected chi connectivity index (χ0v) is 13.1. The Morgan fingerprint density at radius 1 is 1.24 bits per heavy atom. The molecule has 0 atom stereocenters. The SMILES string of the molecule is COCc1ccccc1CNC(=O)c1ccc(Br)cc1F. The summed E-state index contributed by atoms with van der Waals surface area (Å²) in [5.41, 5.74) is 1.98. The molecule has 0 spiro atoms. The van der Waals surface area contributed by atoms with Gasteiger partial charge in [0.15, 0.2) is 0 Å². The van der Waals surface area contributed by atoms with E-state index in [2.05, 4.69) is 21.2 Å². The highest BCUT2D eigenvalue weighted by Crippen LogP contribution is 2.16. The van der Waals surface area contributed by atoms with Crippen LogP contribution in [0.15, 0.2) is 46.9 Å². The van der Waals surface area contributed by atoms with Gasteiger partial charge in [-0.05, 0) is 29.3 Å². The fraction of sp³-hybridized carbons (Fsp3) is 0.188. The van der Waals surface area contributed by atoms with Crippen molar-refractivity contribution < 1.29 is 13.9 Å². The molecule has 1 N–H and O–H groups in total. The lowest BCUT2D eigenvalue weighted by Gasteiger charge is -2.10. The van der Waals surface area contributed by atoms with Gasteiger partial charge in [-0.1, -0.05) is 40.2 Å². The Hall–Kier alpha value is -1.72. The second kappa shape index (κ2) is 7.33. The van der Waals surface area contributed by atoms with Gasteiger partial charge in [-0.25, -0.2) is 4.39 Å². The zero-order chi connectivity index (χ0) is 15.2. The molecule has 5 heteroatoms. The molecule has 0 heterocycles. The van der Waals surface area contributed by atoms with Crippen LogP contribution in [-0.2, 0) is 17.9 Å². The van der Waals surface area contributed by atoms with Crippen molar-refractivity contribution in [2.75, 3.05) is 7.11 Å². The van der Waals surface area contributed by atoms with E-state index in [1.807, 2.05) is 24.3 Å². The summed E-state index contributed by atoms with van der Waals surface area (Å²) in [7, 11) is 1.62. The topological polar surface area (TPSA) is 38.3 Å². The normalized spacial score (nSPS) is 10.4. The molecule has 1 amide bonds. The predicted octanol–water partition coefficient (Wildman–Crippen LogP) is 3.66. The largest absolute Gasteiger partial charge is 0.380 e. The summed E-state index contributed by atoms with van der Waals surface area (Å²) in [6, 6.07) is 12.0. The number of amides is 1. The van der Waals surface area contributed by atoms with Gasteiger partial charge in [0.05, 0.1) is 12.2 Å². The molecular formula is C16H15BrFNO2. The number of rotatable bonds is 5. The summed E-state index contributed by atoms with van der Waals surface area (Å²) in [5.74, 6) is -0.987. The molecule has 0 fully saturated rings. The van der Waals surface area contributed by atoms with Gasteiger partial charge in [0.1, 0.15) is 5.82 Å². The second-order valence-electron chi connectivity index (χ2n) is 4.51. The molecular weight excluding hydrogens is 337 g/mol. The number of methoxy groups -OCH3 is 1. The third-order valence-electron chi connectivity index (χ3n) is 3.03. The van der Waals surface area contributed by atoms with Gasteiger partial charge < -0.3 is 10.1 Å². The number of halogens is 2. The van der Waals surface area contributed by atoms with Gasteiger partial charge in [-0.2, -0.15) is 0 Å². The fourth-order valence-corrected chi connectivity index (χ4v) is 2.30. The van der Waals surface area contributed by atoms with Crippen molar-refractivity contribution in [3.8, 4) is 0 Å². The van der Waals surface area contributed by atoms with Crippen LogP contribution in [0.4, 0.5) is 4.39 Å². The number of carbonyl (C=O) groups is 1. The number of benzene rings is 2. The van der Waals surface area contributed by atoms with Crippen LogP contribution in [0, 0.1) is 5.82 Å². The Morgan fingerprint density at radius 3 is 2.62 bits per heavy atom. The quantitative estimate of drug-likeness (QED) is 0.892. The maximum Gasteiger partial charge on any atom is 0.254 e. The molecule has 2 aromatic carbocycles. The first-order valence-electron chi connectivity index (χ1n) is 6.41. The molecule has 0 bridgehead atoms. The summed E-state index contributed by atoms with van der Waals surface area (Å²) >= 11 is 3.16. The smallest absolute Gasteiger partial charge is 0.254 e. The molecule has 0 aliphatic heterocycles. The van der Waals surface area contributed by atoms with E-state index in [4.69, 9.17) is 4.74 Å². The number of carbonyl (C=O) groups excluding carboxylic acids is 1. The fourth-order valence-electron chi connectivity index (χ4n) is 1.97. The van der Waals surface area contributed by atoms with E-state index in [9.17, 15) is 9.18 Å². The van der Waals surface area contributed by atoms with Gasteiger partial charge in [0.2, 0.25) is 0 Å². The van der Waals surface area contributed by atoms with Crippen molar-refractivity contribution in [1.82, 2.24) is 5.32 Å². The molecule has 0 radical (unpaired) electrons. The minimum absolute atomic E-state index is 0.0300. The third kappa shape index (κ3) is 4.12. The lowest BCUT2D eigenvalue weighted by Crippen LogP contribution is -2.24. The second-order valence-corrected chi connectivity index (χ2v) is 5.42. The highest BCUT2D eigenvalue weighted by Gasteiger charge is 2.12. The van der Waals surface area contributed by atoms with Gasteiger partial charge >= 0.3 is 0 Å². The lowest BCUT2D eigenvalue weighted by molar-refractivity contribution is 0.0946. The maximum atomic E-state index is 13.7. The van der Waals surface area contributed by atoms with Crippen LogP contribution in [0.1, 0.15) is 21.5 Å². The van der Waals surface area contributed by atoms with Gasteiger partial charge in [0, 0.05) is 18.1 Å². The van der Waals surface area contributed by atoms with E-state index in [1.54, 1.807) is 13.2 Å². The highest BCUT2D eigenvalue weighted by atomic mass is 79.9. The average molecular weight is 352 g/mol. The molecule has 3 nitrogen and oxygen atoms in total. The maximum absolute atomic E-state index is 13.7. The first-order chi connectivity index (χ1) is 10.1. The van der Waals surface area contributed by atoms with Crippen LogP contribution in [-0.4, -0.2) is 13.0 Å². The molecule has 21 heavy (non-hydrogen) atoms. The molecule has 0 aromatic heterocycles. The molecule has 2 rings (SSSR count). The molecule has 110 valence electrons. The first-order valence-corrected chi connectivity index (χ1v) is 7.20. The molecule has 2 aromatic rings. The van der Waals surface area contributed by atoms with E-state index in [-0.39, 0.29) is 5.56 Å². The van der Waals surface area contributed by atoms with Crippen LogP contribution in [0.2, 0.25) is 0 Å². The number of ether oxygens (including phenoxy) is 1. The molecule has 0 aliphatic rings. The first kappa shape index (κ1) is 15.7. The molecule has 0 saturated carbocycles. The Bertz CT molecular complexity index is 646. The van der Waals surface area contributed by atoms with E-state index in [0.717, 1.165) is 11.1 Å². The Balaban J connectivity index is 2.07. The van der Waals surface area contributed by atoms with Crippen LogP contribution in [0.25, 0.3) is 0 Å². The summed E-state index contributed by atoms with van der Waals surface area (Å²) in [4.78, 5) is 12.0. The molecule has 0 aliphatic carbocycles. The van der Waals surface area contributed by atoms with Crippen LogP contribution in [0.3, 0.4) is 0 Å². The van der Waals surface area contributed by atoms with Crippen molar-refractivity contribution in [2.45, 2.75) is 13.2 Å². The van der Waals surface area contributed by atoms with E-state index < -0.39 is 11.7 Å². The monoisotopic (exact) mass is 351 g/mol. The van der Waals surface area contributed by atoms with Crippen LogP contribution >= 0.6 is 15.9 Å². The standard InChI is InChI=1S/C16H15BrFNO2/c1-21-10-12-5-3-2-4-11(12)9-19-16(20)14-7-6-13(17)8-15(14)18/h2-8H,9-10H2,1H3,(H,19,20). The van der Waals surface area contributed by atoms with E-state index in [0.29, 0.717) is 17.6 Å². The number of nitrogens with one attached hydrogen (secondary N) is 1. The molecule has 0 saturated heterocycles. The van der Waals surface area contributed by atoms with Crippen molar-refractivity contribution in [3.63, 3.8) is 0 Å². The minimum Gasteiger partial charge on any atom is -0.380 e. The number of hydrogen-bond donors (Lipinski definition) is 1. The minimum atomic E-state index is -0.549. The number of hydrogen-bond acceptors (Lipinski definition) is 2. The van der Waals surface area contributed by atoms with E-state index >= 15 is 0 Å². The highest BCUT2D eigenvalue weighted by molar-refractivity contribution is 9.10. The van der Waals surface area contributed by atoms with E-state index in [1.165, 1.54) is 12.1 Å². The summed E-state index contributed by atoms with van der Waals surface area (Å²) < 4.78 is 19.4. The van der Waals surface area contributed by atoms with Crippen LogP contribution in [0.5, 0.6) is 0 Å². The molecule has 0 unspecified atom stereocenters. The summed E-state index contributed by atoms with van der Waals surface area (Å²) in [5, 5.41) is 2.72. The van der Waals surface area contributed by atoms with Gasteiger partial charge in [-0.15, -0.1) is 0 Å². The van der Waals surface area contributed by atoms with Crippen molar-refractivity contribution in [1.29, 1.82) is 0 Å². The Labute approximate surface area is 131 Å². The summed E-state index contributed by atoms with van der Waals surface area (Å²) in [6.07, 6.45) is 0. The zero-order valence-electron chi connectivity index (χ0n) is 11.5. The van der Waals surface area contributed by atoms with Gasteiger partial charge in [-0.3, -0.25) is 4.79 Å². The third-order valence-corrected chi connectivity index (χ3v) is 3.53. The van der Waals surface area contributed by atoms with Gasteiger partial charge in [0.25, 0.3) is 5.91 Å². The van der Waals surface area contributed by atoms with Crippen molar-refractivity contribution in [3.05, 3.63) is 69.4 Å². The predicted molar refractivity (Wildman–Crippen MR) is 82.4 cm³/mol. The Kier molecular flexibility index (Phi) is 5.47.